The Morgan fingerprint density at radius 2 is 1.65 bits per heavy atom. The molecular weight excluding hydrogens is 254 g/mol. The molecule has 0 saturated carbocycles. The second-order valence-electron chi connectivity index (χ2n) is 6.12. The minimum Gasteiger partial charge on any atom is -0.490 e. The van der Waals surface area contributed by atoms with Gasteiger partial charge in [-0.15, -0.1) is 0 Å². The minimum atomic E-state index is -0.437. The normalized spacial score (nSPS) is 23.7. The molecule has 1 heterocycles. The van der Waals surface area contributed by atoms with E-state index < -0.39 is 5.54 Å². The minimum absolute atomic E-state index is 0.285. The van der Waals surface area contributed by atoms with E-state index in [9.17, 15) is 0 Å². The van der Waals surface area contributed by atoms with Gasteiger partial charge in [-0.3, -0.25) is 0 Å². The van der Waals surface area contributed by atoms with E-state index in [4.69, 9.17) is 19.9 Å². The maximum atomic E-state index is 6.48. The highest BCUT2D eigenvalue weighted by atomic mass is 16.5. The highest BCUT2D eigenvalue weighted by Crippen LogP contribution is 2.46. The standard InChI is InChI=1S/C16H25NO3/c1-6-18-13-8-11-12(9-14(13)19-7-2)20-15(3,4)10-16(11,5)17/h8-9H,6-7,10,17H2,1-5H3. The summed E-state index contributed by atoms with van der Waals surface area (Å²) in [6, 6.07) is 3.86. The molecule has 0 aromatic heterocycles. The van der Waals surface area contributed by atoms with Crippen LogP contribution in [-0.2, 0) is 5.54 Å². The molecule has 0 amide bonds. The molecule has 0 radical (unpaired) electrons. The molecular formula is C16H25NO3. The topological polar surface area (TPSA) is 53.7 Å². The van der Waals surface area contributed by atoms with E-state index in [1.807, 2.05) is 32.9 Å². The number of benzene rings is 1. The van der Waals surface area contributed by atoms with Crippen LogP contribution in [0.1, 0.15) is 46.6 Å². The lowest BCUT2D eigenvalue weighted by atomic mass is 9.79. The van der Waals surface area contributed by atoms with E-state index in [1.165, 1.54) is 0 Å². The molecule has 0 bridgehead atoms. The Morgan fingerprint density at radius 1 is 1.10 bits per heavy atom. The summed E-state index contributed by atoms with van der Waals surface area (Å²) in [5, 5.41) is 0. The SMILES string of the molecule is CCOc1cc2c(cc1OCC)C(C)(N)CC(C)(C)O2. The van der Waals surface area contributed by atoms with Crippen molar-refractivity contribution in [3.8, 4) is 17.2 Å². The number of hydrogen-bond acceptors (Lipinski definition) is 4. The summed E-state index contributed by atoms with van der Waals surface area (Å²) in [5.74, 6) is 2.23. The molecule has 1 aromatic rings. The summed E-state index contributed by atoms with van der Waals surface area (Å²) in [6.07, 6.45) is 0.756. The first kappa shape index (κ1) is 15.0. The molecule has 112 valence electrons. The Bertz CT molecular complexity index is 495. The van der Waals surface area contributed by atoms with Crippen LogP contribution in [0.25, 0.3) is 0 Å². The van der Waals surface area contributed by atoms with Crippen LogP contribution < -0.4 is 19.9 Å². The highest BCUT2D eigenvalue weighted by molar-refractivity contribution is 5.54. The molecule has 0 spiro atoms. The zero-order valence-corrected chi connectivity index (χ0v) is 13.1. The quantitative estimate of drug-likeness (QED) is 0.919. The van der Waals surface area contributed by atoms with Gasteiger partial charge in [-0.1, -0.05) is 0 Å². The second kappa shape index (κ2) is 5.17. The van der Waals surface area contributed by atoms with Gasteiger partial charge < -0.3 is 19.9 Å². The van der Waals surface area contributed by atoms with Crippen LogP contribution >= 0.6 is 0 Å². The van der Waals surface area contributed by atoms with Gasteiger partial charge in [-0.25, -0.2) is 0 Å². The van der Waals surface area contributed by atoms with Crippen molar-refractivity contribution in [2.45, 2.75) is 52.2 Å². The average Bonchev–Trinajstić information content (AvgIpc) is 2.29. The van der Waals surface area contributed by atoms with Crippen molar-refractivity contribution >= 4 is 0 Å². The summed E-state index contributed by atoms with van der Waals surface area (Å²) in [5.41, 5.74) is 6.73. The van der Waals surface area contributed by atoms with E-state index in [-0.39, 0.29) is 5.60 Å². The molecule has 1 unspecified atom stereocenters. The summed E-state index contributed by atoms with van der Waals surface area (Å²) in [4.78, 5) is 0. The second-order valence-corrected chi connectivity index (χ2v) is 6.12. The first-order chi connectivity index (χ1) is 9.29. The van der Waals surface area contributed by atoms with Crippen molar-refractivity contribution in [3.05, 3.63) is 17.7 Å². The molecule has 1 aliphatic heterocycles. The van der Waals surface area contributed by atoms with Crippen LogP contribution in [-0.4, -0.2) is 18.8 Å². The van der Waals surface area contributed by atoms with Gasteiger partial charge in [-0.2, -0.15) is 0 Å². The third-order valence-electron chi connectivity index (χ3n) is 3.44. The molecule has 1 aromatic carbocycles. The predicted molar refractivity (Wildman–Crippen MR) is 79.6 cm³/mol. The Kier molecular flexibility index (Phi) is 3.87. The van der Waals surface area contributed by atoms with E-state index >= 15 is 0 Å². The van der Waals surface area contributed by atoms with Crippen molar-refractivity contribution in [3.63, 3.8) is 0 Å². The average molecular weight is 279 g/mol. The molecule has 0 saturated heterocycles. The highest BCUT2D eigenvalue weighted by Gasteiger charge is 2.40. The predicted octanol–water partition coefficient (Wildman–Crippen LogP) is 3.22. The molecule has 2 N–H and O–H groups in total. The first-order valence-electron chi connectivity index (χ1n) is 7.21. The molecule has 4 nitrogen and oxygen atoms in total. The molecule has 0 fully saturated rings. The van der Waals surface area contributed by atoms with Crippen LogP contribution in [0.2, 0.25) is 0 Å². The third-order valence-corrected chi connectivity index (χ3v) is 3.44. The lowest BCUT2D eigenvalue weighted by Gasteiger charge is -2.42. The van der Waals surface area contributed by atoms with Gasteiger partial charge in [0.05, 0.1) is 13.2 Å². The van der Waals surface area contributed by atoms with Crippen LogP contribution in [0.5, 0.6) is 17.2 Å². The summed E-state index contributed by atoms with van der Waals surface area (Å²) < 4.78 is 17.4. The molecule has 20 heavy (non-hydrogen) atoms. The van der Waals surface area contributed by atoms with Gasteiger partial charge in [0, 0.05) is 23.6 Å². The van der Waals surface area contributed by atoms with Gasteiger partial charge in [0.1, 0.15) is 11.4 Å². The van der Waals surface area contributed by atoms with Crippen molar-refractivity contribution in [2.24, 2.45) is 5.73 Å². The van der Waals surface area contributed by atoms with E-state index in [0.717, 1.165) is 23.5 Å². The number of rotatable bonds is 4. The molecule has 1 aliphatic rings. The molecule has 0 aliphatic carbocycles. The van der Waals surface area contributed by atoms with Gasteiger partial charge >= 0.3 is 0 Å². The largest absolute Gasteiger partial charge is 0.490 e. The van der Waals surface area contributed by atoms with Crippen LogP contribution in [0.15, 0.2) is 12.1 Å². The summed E-state index contributed by atoms with van der Waals surface area (Å²) in [7, 11) is 0. The number of hydrogen-bond donors (Lipinski definition) is 1. The van der Waals surface area contributed by atoms with Gasteiger partial charge in [-0.05, 0) is 40.7 Å². The Hall–Kier alpha value is -1.42. The van der Waals surface area contributed by atoms with Gasteiger partial charge in [0.15, 0.2) is 11.5 Å². The third kappa shape index (κ3) is 2.85. The Balaban J connectivity index is 2.52. The lowest BCUT2D eigenvalue weighted by Crippen LogP contribution is -2.47. The van der Waals surface area contributed by atoms with Crippen molar-refractivity contribution < 1.29 is 14.2 Å². The lowest BCUT2D eigenvalue weighted by molar-refractivity contribution is 0.0496. The van der Waals surface area contributed by atoms with Crippen molar-refractivity contribution in [1.29, 1.82) is 0 Å². The van der Waals surface area contributed by atoms with Gasteiger partial charge in [0.2, 0.25) is 0 Å². The fraction of sp³-hybridized carbons (Fsp3) is 0.625. The molecule has 2 rings (SSSR count). The van der Waals surface area contributed by atoms with Crippen LogP contribution in [0, 0.1) is 0 Å². The van der Waals surface area contributed by atoms with Crippen LogP contribution in [0.3, 0.4) is 0 Å². The number of nitrogens with two attached hydrogens (primary N) is 1. The summed E-state index contributed by atoms with van der Waals surface area (Å²) >= 11 is 0. The summed E-state index contributed by atoms with van der Waals surface area (Å²) in [6.45, 7) is 11.2. The molecule has 4 heteroatoms. The zero-order chi connectivity index (χ0) is 15.0. The van der Waals surface area contributed by atoms with E-state index in [2.05, 4.69) is 13.8 Å². The smallest absolute Gasteiger partial charge is 0.164 e. The maximum absolute atomic E-state index is 6.48. The van der Waals surface area contributed by atoms with Gasteiger partial charge in [0.25, 0.3) is 0 Å². The zero-order valence-electron chi connectivity index (χ0n) is 13.1. The molecule has 1 atom stereocenters. The fourth-order valence-corrected chi connectivity index (χ4v) is 2.92. The fourth-order valence-electron chi connectivity index (χ4n) is 2.92. The number of ether oxygens (including phenoxy) is 3. The van der Waals surface area contributed by atoms with Crippen molar-refractivity contribution in [2.75, 3.05) is 13.2 Å². The maximum Gasteiger partial charge on any atom is 0.164 e. The van der Waals surface area contributed by atoms with E-state index in [0.29, 0.717) is 19.0 Å². The van der Waals surface area contributed by atoms with Crippen molar-refractivity contribution in [1.82, 2.24) is 0 Å². The Labute approximate surface area is 121 Å². The van der Waals surface area contributed by atoms with Crippen LogP contribution in [0.4, 0.5) is 0 Å². The van der Waals surface area contributed by atoms with E-state index in [1.54, 1.807) is 0 Å². The monoisotopic (exact) mass is 279 g/mol. The number of fused-ring (bicyclic) bond motifs is 1. The first-order valence-corrected chi connectivity index (χ1v) is 7.21. The Morgan fingerprint density at radius 3 is 2.20 bits per heavy atom.